The lowest BCUT2D eigenvalue weighted by Crippen LogP contribution is -2.41. The second-order valence-electron chi connectivity index (χ2n) is 9.24. The van der Waals surface area contributed by atoms with Gasteiger partial charge in [-0.1, -0.05) is 59.2 Å². The van der Waals surface area contributed by atoms with Crippen LogP contribution in [0.15, 0.2) is 71.9 Å². The van der Waals surface area contributed by atoms with E-state index in [0.717, 1.165) is 28.5 Å². The Balaban J connectivity index is 1.25. The number of hydrogen-bond donors (Lipinski definition) is 0. The van der Waals surface area contributed by atoms with E-state index < -0.39 is 0 Å². The second kappa shape index (κ2) is 6.42. The molecule has 0 radical (unpaired) electrons. The molecular formula is C26H19ClN2O3. The summed E-state index contributed by atoms with van der Waals surface area (Å²) >= 11 is 6.05. The maximum atomic E-state index is 13.6. The number of anilines is 1. The molecule has 3 fully saturated rings. The van der Waals surface area contributed by atoms with Crippen molar-refractivity contribution in [3.05, 3.63) is 77.3 Å². The van der Waals surface area contributed by atoms with Gasteiger partial charge in [0.05, 0.1) is 23.2 Å². The molecule has 2 aliphatic heterocycles. The number of fused-ring (bicyclic) bond motifs is 9. The Morgan fingerprint density at radius 2 is 1.56 bits per heavy atom. The number of amides is 2. The monoisotopic (exact) mass is 442 g/mol. The van der Waals surface area contributed by atoms with E-state index in [4.69, 9.17) is 16.4 Å². The maximum absolute atomic E-state index is 13.6. The van der Waals surface area contributed by atoms with E-state index in [0.29, 0.717) is 10.7 Å². The Kier molecular flexibility index (Phi) is 3.69. The molecular weight excluding hydrogens is 424 g/mol. The zero-order chi connectivity index (χ0) is 21.6. The number of carbonyl (C=O) groups is 2. The van der Waals surface area contributed by atoms with Gasteiger partial charge in [0.2, 0.25) is 11.8 Å². The van der Waals surface area contributed by atoms with Gasteiger partial charge in [0.25, 0.3) is 0 Å². The predicted octanol–water partition coefficient (Wildman–Crippen LogP) is 4.67. The lowest BCUT2D eigenvalue weighted by Gasteiger charge is -2.29. The number of nitrogens with zero attached hydrogens (tertiary/aromatic N) is 2. The first-order valence-corrected chi connectivity index (χ1v) is 11.4. The summed E-state index contributed by atoms with van der Waals surface area (Å²) in [7, 11) is 0. The van der Waals surface area contributed by atoms with Crippen molar-refractivity contribution in [1.29, 1.82) is 0 Å². The summed E-state index contributed by atoms with van der Waals surface area (Å²) in [4.78, 5) is 34.4. The van der Waals surface area contributed by atoms with Crippen LogP contribution in [0.1, 0.15) is 12.0 Å². The van der Waals surface area contributed by atoms with Gasteiger partial charge in [-0.15, -0.1) is 0 Å². The smallest absolute Gasteiger partial charge is 0.238 e. The highest BCUT2D eigenvalue weighted by Crippen LogP contribution is 2.62. The predicted molar refractivity (Wildman–Crippen MR) is 121 cm³/mol. The molecule has 0 aromatic heterocycles. The zero-order valence-electron chi connectivity index (χ0n) is 17.0. The van der Waals surface area contributed by atoms with Crippen LogP contribution in [0.2, 0.25) is 5.02 Å². The fourth-order valence-electron chi connectivity index (χ4n) is 6.56. The van der Waals surface area contributed by atoms with Crippen LogP contribution in [0.3, 0.4) is 0 Å². The van der Waals surface area contributed by atoms with Gasteiger partial charge in [-0.2, -0.15) is 0 Å². The third-order valence-electron chi connectivity index (χ3n) is 7.82. The highest BCUT2D eigenvalue weighted by molar-refractivity contribution is 6.30. The number of benzene rings is 3. The molecule has 3 aromatic carbocycles. The van der Waals surface area contributed by atoms with Gasteiger partial charge < -0.3 is 4.84 Å². The van der Waals surface area contributed by atoms with E-state index in [9.17, 15) is 9.59 Å². The van der Waals surface area contributed by atoms with Gasteiger partial charge in [-0.25, -0.2) is 0 Å². The van der Waals surface area contributed by atoms with Crippen molar-refractivity contribution >= 4 is 45.6 Å². The largest absolute Gasteiger partial charge is 0.391 e. The second-order valence-corrected chi connectivity index (χ2v) is 9.67. The van der Waals surface area contributed by atoms with Gasteiger partial charge in [-0.05, 0) is 52.9 Å². The Bertz CT molecular complexity index is 1330. The van der Waals surface area contributed by atoms with Crippen LogP contribution in [-0.2, 0) is 14.4 Å². The summed E-state index contributed by atoms with van der Waals surface area (Å²) in [5.41, 5.74) is 2.50. The molecule has 5 nitrogen and oxygen atoms in total. The third-order valence-corrected chi connectivity index (χ3v) is 8.07. The summed E-state index contributed by atoms with van der Waals surface area (Å²) < 4.78 is 0. The average molecular weight is 443 g/mol. The Morgan fingerprint density at radius 1 is 0.844 bits per heavy atom. The summed E-state index contributed by atoms with van der Waals surface area (Å²) in [5.74, 6) is -0.678. The maximum Gasteiger partial charge on any atom is 0.238 e. The van der Waals surface area contributed by atoms with Crippen molar-refractivity contribution in [2.24, 2.45) is 34.7 Å². The topological polar surface area (TPSA) is 59.0 Å². The van der Waals surface area contributed by atoms with Crippen molar-refractivity contribution < 1.29 is 14.4 Å². The number of imide groups is 1. The van der Waals surface area contributed by atoms with Gasteiger partial charge >= 0.3 is 0 Å². The Labute approximate surface area is 189 Å². The van der Waals surface area contributed by atoms with E-state index in [1.165, 1.54) is 4.90 Å². The van der Waals surface area contributed by atoms with E-state index >= 15 is 0 Å². The molecule has 7 rings (SSSR count). The Hall–Kier alpha value is -3.18. The first-order valence-electron chi connectivity index (χ1n) is 11.0. The van der Waals surface area contributed by atoms with Crippen LogP contribution in [0.5, 0.6) is 0 Å². The van der Waals surface area contributed by atoms with Crippen molar-refractivity contribution in [3.8, 4) is 0 Å². The number of carbonyl (C=O) groups excluding carboxylic acids is 2. The van der Waals surface area contributed by atoms with Crippen LogP contribution in [0, 0.1) is 29.6 Å². The molecule has 0 N–H and O–H groups in total. The summed E-state index contributed by atoms with van der Waals surface area (Å²) in [6.45, 7) is 0. The number of rotatable bonds is 2. The first-order chi connectivity index (χ1) is 15.6. The van der Waals surface area contributed by atoms with E-state index in [-0.39, 0.29) is 47.5 Å². The fraction of sp³-hybridized carbons (Fsp3) is 0.269. The van der Waals surface area contributed by atoms with E-state index in [1.54, 1.807) is 0 Å². The fourth-order valence-corrected chi connectivity index (χ4v) is 6.68. The first kappa shape index (κ1) is 18.4. The minimum Gasteiger partial charge on any atom is -0.391 e. The minimum absolute atomic E-state index is 0.0189. The van der Waals surface area contributed by atoms with Gasteiger partial charge in [0, 0.05) is 16.9 Å². The van der Waals surface area contributed by atoms with Crippen LogP contribution < -0.4 is 4.90 Å². The molecule has 4 aliphatic rings. The highest BCUT2D eigenvalue weighted by Gasteiger charge is 2.70. The molecule has 0 unspecified atom stereocenters. The van der Waals surface area contributed by atoms with E-state index in [2.05, 4.69) is 5.16 Å². The molecule has 6 atom stereocenters. The summed E-state index contributed by atoms with van der Waals surface area (Å²) in [5, 5.41) is 7.16. The van der Waals surface area contributed by atoms with E-state index in [1.807, 2.05) is 66.7 Å². The molecule has 2 bridgehead atoms. The molecule has 6 heteroatoms. The SMILES string of the molecule is O=C1[C@H]2[C@@H]3C[C@H]([C@H]4C(c5ccc(Cl)cc5)=NO[C@H]34)[C@@H]2C(=O)N1c1ccc2ccccc2c1. The van der Waals surface area contributed by atoms with Crippen molar-refractivity contribution in [1.82, 2.24) is 0 Å². The quantitative estimate of drug-likeness (QED) is 0.542. The molecule has 3 aromatic rings. The number of oxime groups is 1. The lowest BCUT2D eigenvalue weighted by molar-refractivity contribution is -0.125. The van der Waals surface area contributed by atoms with Crippen molar-refractivity contribution in [2.75, 3.05) is 4.90 Å². The van der Waals surface area contributed by atoms with Crippen LogP contribution in [-0.4, -0.2) is 23.6 Å². The highest BCUT2D eigenvalue weighted by atomic mass is 35.5. The molecule has 2 heterocycles. The summed E-state index contributed by atoms with van der Waals surface area (Å²) in [6.07, 6.45) is 0.695. The number of halogens is 1. The zero-order valence-corrected chi connectivity index (χ0v) is 17.8. The molecule has 0 spiro atoms. The van der Waals surface area contributed by atoms with Gasteiger partial charge in [0.15, 0.2) is 0 Å². The molecule has 158 valence electrons. The van der Waals surface area contributed by atoms with Crippen LogP contribution in [0.25, 0.3) is 10.8 Å². The van der Waals surface area contributed by atoms with Crippen LogP contribution in [0.4, 0.5) is 5.69 Å². The van der Waals surface area contributed by atoms with Gasteiger partial charge in [-0.3, -0.25) is 14.5 Å². The Morgan fingerprint density at radius 3 is 2.34 bits per heavy atom. The number of hydrogen-bond acceptors (Lipinski definition) is 4. The molecule has 2 amide bonds. The molecule has 32 heavy (non-hydrogen) atoms. The minimum atomic E-state index is -0.319. The lowest BCUT2D eigenvalue weighted by atomic mass is 9.71. The summed E-state index contributed by atoms with van der Waals surface area (Å²) in [6, 6.07) is 21.3. The van der Waals surface area contributed by atoms with Crippen molar-refractivity contribution in [2.45, 2.75) is 12.5 Å². The van der Waals surface area contributed by atoms with Gasteiger partial charge in [0.1, 0.15) is 6.10 Å². The third kappa shape index (κ3) is 2.32. The normalized spacial score (nSPS) is 32.3. The average Bonchev–Trinajstić information content (AvgIpc) is 3.54. The molecule has 1 saturated heterocycles. The molecule has 2 saturated carbocycles. The molecule has 2 aliphatic carbocycles. The van der Waals surface area contributed by atoms with Crippen LogP contribution >= 0.6 is 11.6 Å². The standard InChI is InChI=1S/C26H19ClN2O3/c27-16-8-5-14(6-9-16)23-22-18-12-19(24(22)32-28-23)21-20(18)25(30)29(26(21)31)17-10-7-13-3-1-2-4-15(13)11-17/h1-11,18-22,24H,12H2/t18-,19-,20-,21-,22-,24+/m0/s1. The van der Waals surface area contributed by atoms with Crippen molar-refractivity contribution in [3.63, 3.8) is 0 Å².